The third kappa shape index (κ3) is 9.64. The SMILES string of the molecule is [C-]#[O+].[CH2-]C.[Fe+6].c1cc[cH-]c1.c1ccc([PH+](c2ccccc2)c2ccccc2)cc1. The molecule has 144 valence electrons. The normalized spacial score (nSPS) is 8.59. The van der Waals surface area contributed by atoms with Gasteiger partial charge in [0.1, 0.15) is 15.9 Å². The largest absolute Gasteiger partial charge is 6.00 e. The topological polar surface area (TPSA) is 19.9 Å². The molecule has 0 N–H and O–H groups in total. The average molecular weight is 441 g/mol. The van der Waals surface area contributed by atoms with Crippen molar-refractivity contribution in [2.75, 3.05) is 0 Å². The summed E-state index contributed by atoms with van der Waals surface area (Å²) in [5.41, 5.74) is 0. The zero-order valence-corrected chi connectivity index (χ0v) is 18.6. The summed E-state index contributed by atoms with van der Waals surface area (Å²) < 4.78 is 7.50. The van der Waals surface area contributed by atoms with Crippen LogP contribution in [-0.2, 0) is 21.7 Å². The molecule has 4 aromatic rings. The van der Waals surface area contributed by atoms with Crippen molar-refractivity contribution in [1.82, 2.24) is 0 Å². The van der Waals surface area contributed by atoms with Gasteiger partial charge in [0.2, 0.25) is 0 Å². The summed E-state index contributed by atoms with van der Waals surface area (Å²) >= 11 is 0. The molecule has 3 heteroatoms. The predicted octanol–water partition coefficient (Wildman–Crippen LogP) is 5.38. The van der Waals surface area contributed by atoms with Crippen LogP contribution >= 0.6 is 7.92 Å². The molecule has 4 rings (SSSR count). The van der Waals surface area contributed by atoms with E-state index in [1.54, 1.807) is 6.92 Å². The van der Waals surface area contributed by atoms with E-state index in [1.165, 1.54) is 15.9 Å². The average Bonchev–Trinajstić information content (AvgIpc) is 3.39. The Balaban J connectivity index is 0.000000667. The van der Waals surface area contributed by atoms with Gasteiger partial charge in [0.05, 0.1) is 7.92 Å². The van der Waals surface area contributed by atoms with Crippen molar-refractivity contribution >= 4 is 23.8 Å². The van der Waals surface area contributed by atoms with Gasteiger partial charge in [0.25, 0.3) is 0 Å². The van der Waals surface area contributed by atoms with Gasteiger partial charge in [0.15, 0.2) is 0 Å². The quantitative estimate of drug-likeness (QED) is 0.176. The van der Waals surface area contributed by atoms with E-state index in [9.17, 15) is 0 Å². The van der Waals surface area contributed by atoms with Crippen LogP contribution in [-0.4, -0.2) is 0 Å². The number of rotatable bonds is 3. The van der Waals surface area contributed by atoms with Gasteiger partial charge in [-0.25, -0.2) is 12.1 Å². The van der Waals surface area contributed by atoms with Gasteiger partial charge in [-0.1, -0.05) is 54.6 Å². The van der Waals surface area contributed by atoms with Crippen LogP contribution in [0.15, 0.2) is 121 Å². The number of hydrogen-bond donors (Lipinski definition) is 0. The zero-order valence-electron chi connectivity index (χ0n) is 16.5. The molecule has 0 spiro atoms. The molecule has 0 heterocycles. The second-order valence-electron chi connectivity index (χ2n) is 5.44. The fourth-order valence-corrected chi connectivity index (χ4v) is 5.21. The van der Waals surface area contributed by atoms with E-state index in [2.05, 4.69) is 105 Å². The van der Waals surface area contributed by atoms with Crippen molar-refractivity contribution in [3.63, 3.8) is 0 Å². The summed E-state index contributed by atoms with van der Waals surface area (Å²) in [4.78, 5) is 0. The Hall–Kier alpha value is -2.30. The minimum absolute atomic E-state index is 0. The third-order valence-electron chi connectivity index (χ3n) is 3.74. The maximum Gasteiger partial charge on any atom is 6.00 e. The Bertz CT molecular complexity index is 733. The standard InChI is InChI=1S/C18H15P.C5H5.C2H5.CO.Fe/c1-4-10-16(11-5-1)19(17-12-6-2-7-13-17)18-14-8-3-9-15-18;1-2-4-5-3-1;2*1-2;/h1-15H;1-5H;1H2,2H3;;/q;2*-1;;+6/p+1. The first-order chi connectivity index (χ1) is 13.9. The molecule has 0 amide bonds. The second kappa shape index (κ2) is 17.8. The smallest absolute Gasteiger partial charge is 0.346 e. The maximum absolute atomic E-state index is 7.50. The molecule has 0 saturated heterocycles. The Labute approximate surface area is 187 Å². The van der Waals surface area contributed by atoms with Gasteiger partial charge >= 0.3 is 28.4 Å². The van der Waals surface area contributed by atoms with E-state index >= 15 is 0 Å². The van der Waals surface area contributed by atoms with E-state index in [-0.39, 0.29) is 17.1 Å². The van der Waals surface area contributed by atoms with Gasteiger partial charge in [-0.15, -0.1) is 0 Å². The van der Waals surface area contributed by atoms with Gasteiger partial charge in [-0.05, 0) is 36.4 Å². The van der Waals surface area contributed by atoms with Crippen LogP contribution in [0.2, 0.25) is 0 Å². The van der Waals surface area contributed by atoms with Crippen LogP contribution < -0.4 is 15.9 Å². The van der Waals surface area contributed by atoms with E-state index < -0.39 is 7.92 Å². The molecule has 0 unspecified atom stereocenters. The van der Waals surface area contributed by atoms with Crippen LogP contribution in [0.4, 0.5) is 0 Å². The van der Waals surface area contributed by atoms with Crippen molar-refractivity contribution in [3.8, 4) is 0 Å². The Morgan fingerprint density at radius 2 is 0.862 bits per heavy atom. The Morgan fingerprint density at radius 3 is 1.07 bits per heavy atom. The van der Waals surface area contributed by atoms with Crippen molar-refractivity contribution in [2.45, 2.75) is 6.92 Å². The first kappa shape index (κ1) is 26.7. The summed E-state index contributed by atoms with van der Waals surface area (Å²) in [5, 5.41) is 4.31. The molecule has 0 saturated carbocycles. The summed E-state index contributed by atoms with van der Waals surface area (Å²) in [5.74, 6) is 0. The molecule has 0 aromatic heterocycles. The van der Waals surface area contributed by atoms with E-state index in [0.29, 0.717) is 0 Å². The van der Waals surface area contributed by atoms with Crippen LogP contribution in [0.25, 0.3) is 0 Å². The van der Waals surface area contributed by atoms with Gasteiger partial charge in [-0.2, -0.15) is 25.1 Å². The first-order valence-corrected chi connectivity index (χ1v) is 10.6. The summed E-state index contributed by atoms with van der Waals surface area (Å²) in [6.45, 7) is 9.50. The summed E-state index contributed by atoms with van der Waals surface area (Å²) in [6.07, 6.45) is 0. The Morgan fingerprint density at radius 1 is 0.586 bits per heavy atom. The fraction of sp³-hybridized carbons (Fsp3) is 0.0385. The van der Waals surface area contributed by atoms with Gasteiger partial charge in [0, 0.05) is 0 Å². The monoisotopic (exact) mass is 441 g/mol. The van der Waals surface area contributed by atoms with Crippen molar-refractivity contribution in [1.29, 1.82) is 0 Å². The zero-order chi connectivity index (χ0) is 20.5. The summed E-state index contributed by atoms with van der Waals surface area (Å²) in [6, 6.07) is 42.5. The van der Waals surface area contributed by atoms with Crippen molar-refractivity contribution in [3.05, 3.63) is 135 Å². The predicted molar refractivity (Wildman–Crippen MR) is 124 cm³/mol. The molecule has 1 nitrogen and oxygen atoms in total. The first-order valence-electron chi connectivity index (χ1n) is 9.06. The molecule has 0 radical (unpaired) electrons. The fourth-order valence-electron chi connectivity index (χ4n) is 2.64. The molecule has 0 aliphatic carbocycles. The molecular formula is C26H26FeOP+5. The second-order valence-corrected chi connectivity index (χ2v) is 7.92. The summed E-state index contributed by atoms with van der Waals surface area (Å²) in [7, 11) is -0.877. The van der Waals surface area contributed by atoms with E-state index in [4.69, 9.17) is 4.65 Å². The van der Waals surface area contributed by atoms with Crippen LogP contribution in [0.3, 0.4) is 0 Å². The number of hydrogen-bond acceptors (Lipinski definition) is 0. The molecular weight excluding hydrogens is 415 g/mol. The Kier molecular flexibility index (Phi) is 16.4. The number of benzene rings is 3. The molecule has 0 aliphatic heterocycles. The molecule has 0 atom stereocenters. The minimum Gasteiger partial charge on any atom is -0.346 e. The van der Waals surface area contributed by atoms with Crippen LogP contribution in [0.1, 0.15) is 6.92 Å². The minimum atomic E-state index is -0.877. The molecule has 29 heavy (non-hydrogen) atoms. The third-order valence-corrected chi connectivity index (χ3v) is 6.47. The van der Waals surface area contributed by atoms with Crippen molar-refractivity contribution in [2.24, 2.45) is 0 Å². The van der Waals surface area contributed by atoms with Gasteiger partial charge < -0.3 is 6.92 Å². The van der Waals surface area contributed by atoms with Gasteiger partial charge in [-0.3, -0.25) is 0 Å². The van der Waals surface area contributed by atoms with Crippen molar-refractivity contribution < 1.29 is 21.7 Å². The molecule has 0 aliphatic rings. The maximum atomic E-state index is 7.50. The molecule has 0 fully saturated rings. The van der Waals surface area contributed by atoms with Crippen LogP contribution in [0, 0.1) is 13.6 Å². The molecule has 0 bridgehead atoms. The van der Waals surface area contributed by atoms with Crippen LogP contribution in [0.5, 0.6) is 0 Å². The molecule has 4 aromatic carbocycles. The van der Waals surface area contributed by atoms with E-state index in [0.717, 1.165) is 0 Å². The van der Waals surface area contributed by atoms with E-state index in [1.807, 2.05) is 30.3 Å².